The van der Waals surface area contributed by atoms with Crippen LogP contribution in [0.1, 0.15) is 88.3 Å². The molecule has 3 nitrogen and oxygen atoms in total. The van der Waals surface area contributed by atoms with Crippen molar-refractivity contribution in [3.8, 4) is 0 Å². The molecule has 1 aliphatic carbocycles. The smallest absolute Gasteiger partial charge is 0.0644 e. The second-order valence-corrected chi connectivity index (χ2v) is 6.73. The maximum atomic E-state index is 4.94. The minimum Gasteiger partial charge on any atom is -0.310 e. The van der Waals surface area contributed by atoms with Crippen molar-refractivity contribution in [3.05, 3.63) is 17.0 Å². The third kappa shape index (κ3) is 3.50. The molecule has 0 bridgehead atoms. The van der Waals surface area contributed by atoms with E-state index in [9.17, 15) is 0 Å². The summed E-state index contributed by atoms with van der Waals surface area (Å²) in [4.78, 5) is 0. The molecule has 0 saturated heterocycles. The number of hydrogen-bond donors (Lipinski definition) is 1. The molecule has 120 valence electrons. The first-order chi connectivity index (χ1) is 10.1. The molecule has 1 aromatic rings. The van der Waals surface area contributed by atoms with Crippen LogP contribution in [0.3, 0.4) is 0 Å². The van der Waals surface area contributed by atoms with E-state index in [4.69, 9.17) is 5.10 Å². The van der Waals surface area contributed by atoms with Crippen LogP contribution in [-0.2, 0) is 0 Å². The second kappa shape index (κ2) is 7.44. The van der Waals surface area contributed by atoms with E-state index >= 15 is 0 Å². The SMILES string of the molecule is CCCNC(C)c1c(C)nn(C2CCCCC2CC)c1C. The Morgan fingerprint density at radius 3 is 2.62 bits per heavy atom. The average Bonchev–Trinajstić information content (AvgIpc) is 2.79. The van der Waals surface area contributed by atoms with Crippen LogP contribution in [0.5, 0.6) is 0 Å². The van der Waals surface area contributed by atoms with Gasteiger partial charge in [0.1, 0.15) is 0 Å². The lowest BCUT2D eigenvalue weighted by atomic mass is 9.83. The van der Waals surface area contributed by atoms with Crippen molar-refractivity contribution in [2.24, 2.45) is 5.92 Å². The molecule has 1 saturated carbocycles. The summed E-state index contributed by atoms with van der Waals surface area (Å²) >= 11 is 0. The molecule has 1 N–H and O–H groups in total. The molecule has 2 rings (SSSR count). The van der Waals surface area contributed by atoms with Crippen LogP contribution in [0.4, 0.5) is 0 Å². The van der Waals surface area contributed by atoms with Gasteiger partial charge in [0.25, 0.3) is 0 Å². The van der Waals surface area contributed by atoms with Crippen LogP contribution in [0.15, 0.2) is 0 Å². The van der Waals surface area contributed by atoms with E-state index in [0.29, 0.717) is 12.1 Å². The van der Waals surface area contributed by atoms with Crippen LogP contribution in [0.25, 0.3) is 0 Å². The number of aryl methyl sites for hydroxylation is 1. The first kappa shape index (κ1) is 16.5. The highest BCUT2D eigenvalue weighted by molar-refractivity contribution is 5.28. The first-order valence-electron chi connectivity index (χ1n) is 8.89. The molecule has 1 aromatic heterocycles. The first-order valence-corrected chi connectivity index (χ1v) is 8.89. The molecule has 1 fully saturated rings. The van der Waals surface area contributed by atoms with Crippen molar-refractivity contribution in [2.45, 2.75) is 85.2 Å². The fourth-order valence-corrected chi connectivity index (χ4v) is 4.07. The van der Waals surface area contributed by atoms with Crippen molar-refractivity contribution < 1.29 is 0 Å². The number of rotatable bonds is 6. The predicted octanol–water partition coefficient (Wildman–Crippen LogP) is 4.70. The number of hydrogen-bond acceptors (Lipinski definition) is 2. The van der Waals surface area contributed by atoms with Crippen molar-refractivity contribution >= 4 is 0 Å². The van der Waals surface area contributed by atoms with E-state index in [2.05, 4.69) is 44.6 Å². The van der Waals surface area contributed by atoms with Crippen molar-refractivity contribution in [1.29, 1.82) is 0 Å². The summed E-state index contributed by atoms with van der Waals surface area (Å²) in [5, 5.41) is 8.56. The van der Waals surface area contributed by atoms with Gasteiger partial charge in [-0.2, -0.15) is 5.10 Å². The van der Waals surface area contributed by atoms with E-state index < -0.39 is 0 Å². The Bertz CT molecular complexity index is 450. The lowest BCUT2D eigenvalue weighted by molar-refractivity contribution is 0.214. The molecule has 3 heteroatoms. The van der Waals surface area contributed by atoms with E-state index in [1.54, 1.807) is 0 Å². The Morgan fingerprint density at radius 2 is 1.95 bits per heavy atom. The zero-order valence-electron chi connectivity index (χ0n) is 14.6. The fourth-order valence-electron chi connectivity index (χ4n) is 4.07. The lowest BCUT2D eigenvalue weighted by Gasteiger charge is -2.32. The van der Waals surface area contributed by atoms with Gasteiger partial charge in [-0.1, -0.05) is 33.1 Å². The van der Waals surface area contributed by atoms with Crippen LogP contribution in [0.2, 0.25) is 0 Å². The summed E-state index contributed by atoms with van der Waals surface area (Å²) in [5.41, 5.74) is 4.02. The van der Waals surface area contributed by atoms with Crippen molar-refractivity contribution in [1.82, 2.24) is 15.1 Å². The van der Waals surface area contributed by atoms with Gasteiger partial charge in [0.2, 0.25) is 0 Å². The molecule has 1 aliphatic rings. The van der Waals surface area contributed by atoms with Gasteiger partial charge >= 0.3 is 0 Å². The summed E-state index contributed by atoms with van der Waals surface area (Å²) in [5.74, 6) is 0.809. The minimum absolute atomic E-state index is 0.405. The third-order valence-electron chi connectivity index (χ3n) is 5.22. The highest BCUT2D eigenvalue weighted by Gasteiger charge is 2.29. The summed E-state index contributed by atoms with van der Waals surface area (Å²) in [7, 11) is 0. The topological polar surface area (TPSA) is 29.9 Å². The Hall–Kier alpha value is -0.830. The van der Waals surface area contributed by atoms with E-state index in [0.717, 1.165) is 12.5 Å². The standard InChI is InChI=1S/C18H33N3/c1-6-12-19-13(3)18-14(4)20-21(15(18)5)17-11-9-8-10-16(17)7-2/h13,16-17,19H,6-12H2,1-5H3. The Kier molecular flexibility index (Phi) is 5.86. The van der Waals surface area contributed by atoms with Crippen molar-refractivity contribution in [2.75, 3.05) is 6.54 Å². The van der Waals surface area contributed by atoms with Gasteiger partial charge in [-0.05, 0) is 52.5 Å². The Balaban J connectivity index is 2.25. The lowest BCUT2D eigenvalue weighted by Crippen LogP contribution is -2.25. The molecule has 21 heavy (non-hydrogen) atoms. The van der Waals surface area contributed by atoms with Gasteiger partial charge in [0, 0.05) is 17.3 Å². The molecular weight excluding hydrogens is 258 g/mol. The minimum atomic E-state index is 0.405. The van der Waals surface area contributed by atoms with Crippen molar-refractivity contribution in [3.63, 3.8) is 0 Å². The molecule has 0 spiro atoms. The van der Waals surface area contributed by atoms with Crippen LogP contribution >= 0.6 is 0 Å². The van der Waals surface area contributed by atoms with Gasteiger partial charge in [-0.15, -0.1) is 0 Å². The second-order valence-electron chi connectivity index (χ2n) is 6.73. The van der Waals surface area contributed by atoms with Gasteiger partial charge in [-0.25, -0.2) is 0 Å². The van der Waals surface area contributed by atoms with Gasteiger partial charge in [0.15, 0.2) is 0 Å². The van der Waals surface area contributed by atoms with Crippen LogP contribution in [-0.4, -0.2) is 16.3 Å². The fraction of sp³-hybridized carbons (Fsp3) is 0.833. The average molecular weight is 291 g/mol. The zero-order valence-corrected chi connectivity index (χ0v) is 14.6. The maximum absolute atomic E-state index is 4.94. The highest BCUT2D eigenvalue weighted by Crippen LogP contribution is 2.37. The summed E-state index contributed by atoms with van der Waals surface area (Å²) < 4.78 is 2.36. The van der Waals surface area contributed by atoms with Gasteiger partial charge in [0.05, 0.1) is 11.7 Å². The summed E-state index contributed by atoms with van der Waals surface area (Å²) in [6.07, 6.45) is 7.89. The maximum Gasteiger partial charge on any atom is 0.0644 e. The molecule has 0 aromatic carbocycles. The highest BCUT2D eigenvalue weighted by atomic mass is 15.3. The van der Waals surface area contributed by atoms with E-state index in [1.807, 2.05) is 0 Å². The molecule has 0 amide bonds. The van der Waals surface area contributed by atoms with Crippen LogP contribution in [0, 0.1) is 19.8 Å². The van der Waals surface area contributed by atoms with Crippen LogP contribution < -0.4 is 5.32 Å². The van der Waals surface area contributed by atoms with E-state index in [-0.39, 0.29) is 0 Å². The molecule has 0 radical (unpaired) electrons. The predicted molar refractivity (Wildman–Crippen MR) is 89.7 cm³/mol. The number of nitrogens with zero attached hydrogens (tertiary/aromatic N) is 2. The Morgan fingerprint density at radius 1 is 1.24 bits per heavy atom. The van der Waals surface area contributed by atoms with E-state index in [1.165, 1.54) is 55.5 Å². The molecular formula is C18H33N3. The third-order valence-corrected chi connectivity index (χ3v) is 5.22. The molecule has 3 unspecified atom stereocenters. The zero-order chi connectivity index (χ0) is 15.4. The largest absolute Gasteiger partial charge is 0.310 e. The van der Waals surface area contributed by atoms with Gasteiger partial charge in [-0.3, -0.25) is 4.68 Å². The number of aromatic nitrogens is 2. The Labute approximate surface area is 130 Å². The van der Waals surface area contributed by atoms with Gasteiger partial charge < -0.3 is 5.32 Å². The summed E-state index contributed by atoms with van der Waals surface area (Å²) in [6, 6.07) is 1.02. The number of nitrogens with one attached hydrogen (secondary N) is 1. The summed E-state index contributed by atoms with van der Waals surface area (Å²) in [6.45, 7) is 12.3. The normalized spacial score (nSPS) is 24.2. The monoisotopic (exact) mass is 291 g/mol. The quantitative estimate of drug-likeness (QED) is 0.823. The molecule has 1 heterocycles. The molecule has 0 aliphatic heterocycles. The molecule has 3 atom stereocenters.